The molecule has 2 fully saturated rings. The second kappa shape index (κ2) is 13.9. The molecule has 0 radical (unpaired) electrons. The molecule has 4 unspecified atom stereocenters. The molecule has 6 nitrogen and oxygen atoms in total. The predicted octanol–water partition coefficient (Wildman–Crippen LogP) is 7.65. The summed E-state index contributed by atoms with van der Waals surface area (Å²) in [6, 6.07) is 9.58. The number of aliphatic hydroxyl groups excluding tert-OH is 1. The Balaban J connectivity index is 1.59. The van der Waals surface area contributed by atoms with Gasteiger partial charge < -0.3 is 10.2 Å². The molecule has 242 valence electrons. The molecule has 0 amide bonds. The second-order valence-electron chi connectivity index (χ2n) is 13.9. The average Bonchev–Trinajstić information content (AvgIpc) is 3.64. The van der Waals surface area contributed by atoms with Gasteiger partial charge in [0, 0.05) is 30.0 Å². The second-order valence-corrected chi connectivity index (χ2v) is 17.0. The van der Waals surface area contributed by atoms with Crippen LogP contribution >= 0.6 is 11.3 Å². The molecule has 1 aromatic carbocycles. The van der Waals surface area contributed by atoms with Crippen molar-refractivity contribution in [1.82, 2.24) is 4.31 Å². The van der Waals surface area contributed by atoms with Crippen LogP contribution in [0.25, 0.3) is 0 Å². The highest BCUT2D eigenvalue weighted by molar-refractivity contribution is 7.91. The number of carbonyl (C=O) groups excluding carboxylic acids is 1. The molecule has 8 heteroatoms. The van der Waals surface area contributed by atoms with Gasteiger partial charge in [-0.3, -0.25) is 4.79 Å². The number of ketones is 1. The number of thiophene rings is 1. The third-order valence-corrected chi connectivity index (χ3v) is 14.1. The number of rotatable bonds is 8. The number of carbonyl (C=O) groups is 1. The van der Waals surface area contributed by atoms with Crippen LogP contribution in [-0.4, -0.2) is 53.5 Å². The molecule has 2 N–H and O–H groups in total. The number of aliphatic hydroxyl groups is 2. The molecule has 4 aliphatic carbocycles. The third kappa shape index (κ3) is 6.80. The fourth-order valence-corrected chi connectivity index (χ4v) is 10.9. The summed E-state index contributed by atoms with van der Waals surface area (Å²) >= 11 is 1.21. The molecular formula is C36H51NO5S2. The summed E-state index contributed by atoms with van der Waals surface area (Å²) in [5, 5.41) is 25.3. The lowest BCUT2D eigenvalue weighted by Crippen LogP contribution is -2.53. The van der Waals surface area contributed by atoms with E-state index in [-0.39, 0.29) is 24.2 Å². The van der Waals surface area contributed by atoms with Crippen LogP contribution in [0.2, 0.25) is 0 Å². The van der Waals surface area contributed by atoms with E-state index in [0.29, 0.717) is 49.3 Å². The van der Waals surface area contributed by atoms with Crippen LogP contribution in [0.4, 0.5) is 0 Å². The number of Topliss-reactive ketones (excluding diaryl/α,β-unsaturated/α-hetero) is 1. The van der Waals surface area contributed by atoms with Gasteiger partial charge in [0.15, 0.2) is 5.78 Å². The van der Waals surface area contributed by atoms with Gasteiger partial charge in [0.2, 0.25) is 0 Å². The Morgan fingerprint density at radius 2 is 1.86 bits per heavy atom. The molecule has 44 heavy (non-hydrogen) atoms. The number of allylic oxidation sites excluding steroid dienone is 2. The normalized spacial score (nSPS) is 28.9. The molecule has 1 aromatic heterocycles. The minimum atomic E-state index is -3.76. The molecule has 0 aliphatic heterocycles. The maximum atomic E-state index is 14.2. The Morgan fingerprint density at radius 1 is 1.09 bits per heavy atom. The Hall–Kier alpha value is -1.84. The van der Waals surface area contributed by atoms with E-state index < -0.39 is 27.1 Å². The van der Waals surface area contributed by atoms with Crippen molar-refractivity contribution in [1.29, 1.82) is 0 Å². The molecule has 6 rings (SSSR count). The minimum absolute atomic E-state index is 0.00895. The standard InChI is InChI=1S/C36H51NO5S2/c1-4-21-37(44(41,42)33-13-9-22-43-33)25-36(40)20-18-32-30-17-15-27(24-31(30)34(39)28-11-6-5-7-12-28)23-29(38)16-14-26(2)10-8-19-35(32,36)3/h9-10,13,15,17,22,24,28-29,32,38,40H,4-8,11-12,14,16,18-21,23,25H2,1-3H3. The fourth-order valence-electron chi connectivity index (χ4n) is 8.16. The third-order valence-electron chi connectivity index (χ3n) is 10.9. The van der Waals surface area contributed by atoms with Gasteiger partial charge in [-0.2, -0.15) is 4.31 Å². The SMILES string of the molecule is CCCN(CC1(O)CCC2c3ccc(cc3C(=O)C3CCCCC3)CC(O)CCC(C)=CCCC21C)S(=O)(=O)c1cccs1. The molecule has 2 aromatic rings. The van der Waals surface area contributed by atoms with Gasteiger partial charge in [0.05, 0.1) is 11.7 Å². The first kappa shape index (κ1) is 33.5. The highest BCUT2D eigenvalue weighted by Gasteiger charge is 2.58. The summed E-state index contributed by atoms with van der Waals surface area (Å²) in [7, 11) is -3.76. The zero-order valence-electron chi connectivity index (χ0n) is 26.8. The van der Waals surface area contributed by atoms with Gasteiger partial charge >= 0.3 is 0 Å². The largest absolute Gasteiger partial charge is 0.393 e. The maximum absolute atomic E-state index is 14.2. The van der Waals surface area contributed by atoms with Crippen LogP contribution in [0.15, 0.2) is 51.6 Å². The first-order valence-corrected chi connectivity index (χ1v) is 19.1. The number of benzene rings is 1. The molecule has 2 bridgehead atoms. The number of fused-ring (bicyclic) bond motifs is 8. The van der Waals surface area contributed by atoms with E-state index in [1.807, 2.05) is 13.0 Å². The number of hydrogen-bond donors (Lipinski definition) is 2. The van der Waals surface area contributed by atoms with Gasteiger partial charge in [-0.15, -0.1) is 11.3 Å². The average molecular weight is 642 g/mol. The predicted molar refractivity (Wildman–Crippen MR) is 178 cm³/mol. The smallest absolute Gasteiger partial charge is 0.252 e. The Morgan fingerprint density at radius 3 is 2.57 bits per heavy atom. The van der Waals surface area contributed by atoms with Crippen molar-refractivity contribution in [2.24, 2.45) is 11.3 Å². The van der Waals surface area contributed by atoms with Crippen LogP contribution in [-0.2, 0) is 16.4 Å². The van der Waals surface area contributed by atoms with E-state index in [4.69, 9.17) is 0 Å². The highest BCUT2D eigenvalue weighted by atomic mass is 32.2. The topological polar surface area (TPSA) is 94.9 Å². The summed E-state index contributed by atoms with van der Waals surface area (Å²) < 4.78 is 29.4. The van der Waals surface area contributed by atoms with Crippen LogP contribution in [0.1, 0.15) is 125 Å². The summed E-state index contributed by atoms with van der Waals surface area (Å²) in [5.74, 6) is 0.109. The van der Waals surface area contributed by atoms with Crippen molar-refractivity contribution in [3.8, 4) is 0 Å². The minimum Gasteiger partial charge on any atom is -0.393 e. The first-order valence-electron chi connectivity index (χ1n) is 16.8. The monoisotopic (exact) mass is 641 g/mol. The van der Waals surface area contributed by atoms with Crippen LogP contribution in [0.5, 0.6) is 0 Å². The van der Waals surface area contributed by atoms with Crippen molar-refractivity contribution in [2.75, 3.05) is 13.1 Å². The molecule has 4 atom stereocenters. The van der Waals surface area contributed by atoms with Gasteiger partial charge in [0.1, 0.15) is 4.21 Å². The maximum Gasteiger partial charge on any atom is 0.252 e. The molecule has 4 aliphatic rings. The van der Waals surface area contributed by atoms with Crippen molar-refractivity contribution >= 4 is 27.1 Å². The van der Waals surface area contributed by atoms with Crippen LogP contribution < -0.4 is 0 Å². The summed E-state index contributed by atoms with van der Waals surface area (Å²) in [6.07, 6.45) is 12.1. The zero-order valence-corrected chi connectivity index (χ0v) is 28.4. The zero-order chi connectivity index (χ0) is 31.5. The Kier molecular flexibility index (Phi) is 10.6. The van der Waals surface area contributed by atoms with E-state index in [1.54, 1.807) is 17.5 Å². The number of hydrogen-bond acceptors (Lipinski definition) is 6. The van der Waals surface area contributed by atoms with E-state index >= 15 is 0 Å². The van der Waals surface area contributed by atoms with Crippen LogP contribution in [0.3, 0.4) is 0 Å². The first-order chi connectivity index (χ1) is 21.0. The van der Waals surface area contributed by atoms with E-state index in [0.717, 1.165) is 55.2 Å². The summed E-state index contributed by atoms with van der Waals surface area (Å²) in [6.45, 7) is 6.58. The van der Waals surface area contributed by atoms with Gasteiger partial charge in [0.25, 0.3) is 10.0 Å². The Labute approximate surface area is 268 Å². The van der Waals surface area contributed by atoms with Crippen molar-refractivity contribution in [3.05, 3.63) is 64.1 Å². The lowest BCUT2D eigenvalue weighted by Gasteiger charge is -2.46. The molecular weight excluding hydrogens is 591 g/mol. The molecule has 2 saturated carbocycles. The number of sulfonamides is 1. The van der Waals surface area contributed by atoms with Gasteiger partial charge in [-0.25, -0.2) is 8.42 Å². The summed E-state index contributed by atoms with van der Waals surface area (Å²) in [4.78, 5) is 14.2. The van der Waals surface area contributed by atoms with Crippen molar-refractivity contribution < 1.29 is 23.4 Å². The lowest BCUT2D eigenvalue weighted by atomic mass is 9.64. The van der Waals surface area contributed by atoms with E-state index in [9.17, 15) is 23.4 Å². The van der Waals surface area contributed by atoms with E-state index in [1.165, 1.54) is 27.6 Å². The van der Waals surface area contributed by atoms with Crippen molar-refractivity contribution in [3.63, 3.8) is 0 Å². The molecule has 0 saturated heterocycles. The van der Waals surface area contributed by atoms with Gasteiger partial charge in [-0.1, -0.05) is 63.0 Å². The van der Waals surface area contributed by atoms with Gasteiger partial charge in [-0.05, 0) is 106 Å². The molecule has 1 heterocycles. The Bertz CT molecular complexity index is 1430. The quantitative estimate of drug-likeness (QED) is 0.228. The lowest BCUT2D eigenvalue weighted by molar-refractivity contribution is -0.0723. The summed E-state index contributed by atoms with van der Waals surface area (Å²) in [5.41, 5.74) is 2.01. The molecule has 0 spiro atoms. The number of nitrogens with zero attached hydrogens (tertiary/aromatic N) is 1. The van der Waals surface area contributed by atoms with E-state index in [2.05, 4.69) is 32.1 Å². The highest BCUT2D eigenvalue weighted by Crippen LogP contribution is 2.59. The van der Waals surface area contributed by atoms with Crippen molar-refractivity contribution in [2.45, 2.75) is 126 Å². The van der Waals surface area contributed by atoms with Crippen LogP contribution in [0, 0.1) is 11.3 Å². The fraction of sp³-hybridized carbons (Fsp3) is 0.639.